The molecule has 0 heterocycles. The Morgan fingerprint density at radius 1 is 0.582 bits per heavy atom. The summed E-state index contributed by atoms with van der Waals surface area (Å²) < 4.78 is 34.5. The highest BCUT2D eigenvalue weighted by Gasteiger charge is 2.20. The number of carbonyl (C=O) groups excluding carboxylic acids is 1. The third-order valence-electron chi connectivity index (χ3n) is 9.36. The molecule has 2 atom stereocenters. The molecule has 0 aromatic rings. The summed E-state index contributed by atoms with van der Waals surface area (Å²) in [7, 11) is 1.33. The van der Waals surface area contributed by atoms with Crippen LogP contribution in [0.4, 0.5) is 0 Å². The first-order valence-corrected chi connectivity index (χ1v) is 23.8. The number of quaternary nitrogens is 1. The molecule has 0 aromatic carbocycles. The predicted molar refractivity (Wildman–Crippen MR) is 231 cm³/mol. The zero-order chi connectivity index (χ0) is 40.6. The fourth-order valence-electron chi connectivity index (χ4n) is 5.91. The van der Waals surface area contributed by atoms with Gasteiger partial charge < -0.3 is 27.9 Å². The number of allylic oxidation sites excluding steroid dienone is 8. The van der Waals surface area contributed by atoms with Gasteiger partial charge in [0.15, 0.2) is 0 Å². The van der Waals surface area contributed by atoms with Crippen LogP contribution in [0.5, 0.6) is 0 Å². The molecule has 0 aromatic heterocycles. The van der Waals surface area contributed by atoms with E-state index in [1.54, 1.807) is 0 Å². The van der Waals surface area contributed by atoms with E-state index in [0.29, 0.717) is 17.6 Å². The van der Waals surface area contributed by atoms with Crippen molar-refractivity contribution in [1.29, 1.82) is 0 Å². The average molecular weight is 796 g/mol. The van der Waals surface area contributed by atoms with E-state index in [4.69, 9.17) is 18.5 Å². The van der Waals surface area contributed by atoms with Crippen LogP contribution in [0.2, 0.25) is 0 Å². The largest absolute Gasteiger partial charge is 0.756 e. The maximum atomic E-state index is 12.6. The van der Waals surface area contributed by atoms with Crippen LogP contribution >= 0.6 is 7.82 Å². The fourth-order valence-corrected chi connectivity index (χ4v) is 6.64. The van der Waals surface area contributed by atoms with E-state index in [9.17, 15) is 14.3 Å². The first-order valence-electron chi connectivity index (χ1n) is 22.4. The number of phosphoric ester groups is 1. The number of esters is 1. The molecule has 8 nitrogen and oxygen atoms in total. The molecule has 0 saturated carbocycles. The highest BCUT2D eigenvalue weighted by Crippen LogP contribution is 2.38. The lowest BCUT2D eigenvalue weighted by Crippen LogP contribution is -2.37. The molecule has 2 unspecified atom stereocenters. The highest BCUT2D eigenvalue weighted by molar-refractivity contribution is 7.45. The third-order valence-corrected chi connectivity index (χ3v) is 10.3. The standard InChI is InChI=1S/C46H86NO7P/c1-6-8-10-12-14-16-18-20-21-22-23-24-25-26-28-30-32-34-36-38-41-51-43-45(44-53-55(49,50)52-42-40-47(3,4)5)54-46(48)39-37-35-33-31-29-27-19-17-15-13-11-9-7-2/h9,11,15,17,20-21,27,29,45H,6-8,10,12-14,16,18-19,22-26,28,30-44H2,1-5H3/b11-9-,17-15-,21-20-,29-27-. The second-order valence-corrected chi connectivity index (χ2v) is 17.4. The van der Waals surface area contributed by atoms with Gasteiger partial charge in [-0.3, -0.25) is 9.36 Å². The number of hydrogen-bond acceptors (Lipinski definition) is 7. The molecule has 0 amide bonds. The predicted octanol–water partition coefficient (Wildman–Crippen LogP) is 12.5. The van der Waals surface area contributed by atoms with Crippen LogP contribution in [0.3, 0.4) is 0 Å². The van der Waals surface area contributed by atoms with Crippen molar-refractivity contribution in [1.82, 2.24) is 0 Å². The molecule has 322 valence electrons. The summed E-state index contributed by atoms with van der Waals surface area (Å²) in [6.45, 7) is 5.25. The Kier molecular flexibility index (Phi) is 38.2. The van der Waals surface area contributed by atoms with Crippen molar-refractivity contribution >= 4 is 13.8 Å². The number of phosphoric acid groups is 1. The molecule has 0 aliphatic heterocycles. The molecule has 0 fully saturated rings. The molecule has 0 radical (unpaired) electrons. The molecule has 0 aliphatic rings. The van der Waals surface area contributed by atoms with Crippen molar-refractivity contribution in [2.45, 2.75) is 187 Å². The molecular weight excluding hydrogens is 709 g/mol. The Balaban J connectivity index is 4.21. The van der Waals surface area contributed by atoms with Crippen molar-refractivity contribution in [2.24, 2.45) is 0 Å². The number of nitrogens with zero attached hydrogens (tertiary/aromatic N) is 1. The topological polar surface area (TPSA) is 94.1 Å². The van der Waals surface area contributed by atoms with Gasteiger partial charge in [-0.15, -0.1) is 0 Å². The summed E-state index contributed by atoms with van der Waals surface area (Å²) >= 11 is 0. The van der Waals surface area contributed by atoms with Gasteiger partial charge in [-0.25, -0.2) is 0 Å². The number of unbranched alkanes of at least 4 members (excludes halogenated alkanes) is 19. The minimum Gasteiger partial charge on any atom is -0.756 e. The maximum Gasteiger partial charge on any atom is 0.306 e. The maximum absolute atomic E-state index is 12.6. The van der Waals surface area contributed by atoms with Crippen molar-refractivity contribution in [3.05, 3.63) is 48.6 Å². The molecule has 0 bridgehead atoms. The summed E-state index contributed by atoms with van der Waals surface area (Å²) in [5.74, 6) is -0.364. The number of rotatable bonds is 41. The van der Waals surface area contributed by atoms with Crippen LogP contribution in [0.15, 0.2) is 48.6 Å². The smallest absolute Gasteiger partial charge is 0.306 e. The van der Waals surface area contributed by atoms with Gasteiger partial charge in [0.1, 0.15) is 19.3 Å². The van der Waals surface area contributed by atoms with E-state index >= 15 is 0 Å². The van der Waals surface area contributed by atoms with E-state index in [-0.39, 0.29) is 32.2 Å². The number of carbonyl (C=O) groups is 1. The summed E-state index contributed by atoms with van der Waals surface area (Å²) in [5, 5.41) is 0. The van der Waals surface area contributed by atoms with E-state index in [1.807, 2.05) is 21.1 Å². The van der Waals surface area contributed by atoms with Gasteiger partial charge in [0.2, 0.25) is 0 Å². The summed E-state index contributed by atoms with van der Waals surface area (Å²) in [6.07, 6.45) is 47.0. The average Bonchev–Trinajstić information content (AvgIpc) is 3.13. The normalized spacial score (nSPS) is 14.2. The van der Waals surface area contributed by atoms with Crippen LogP contribution in [-0.2, 0) is 27.9 Å². The van der Waals surface area contributed by atoms with Gasteiger partial charge in [0.05, 0.1) is 34.4 Å². The van der Waals surface area contributed by atoms with Crippen LogP contribution < -0.4 is 4.89 Å². The third kappa shape index (κ3) is 43.4. The SMILES string of the molecule is CC/C=C\C/C=C\C/C=C\CCCCCC(=O)OC(COCCCCCCCCCCCC/C=C\CCCCCCCC)COP(=O)([O-])OCC[N+](C)(C)C. The van der Waals surface area contributed by atoms with Crippen LogP contribution in [0.25, 0.3) is 0 Å². The fraction of sp³-hybridized carbons (Fsp3) is 0.804. The lowest BCUT2D eigenvalue weighted by molar-refractivity contribution is -0.870. The van der Waals surface area contributed by atoms with Crippen molar-refractivity contribution in [3.63, 3.8) is 0 Å². The van der Waals surface area contributed by atoms with Gasteiger partial charge >= 0.3 is 5.97 Å². The number of hydrogen-bond donors (Lipinski definition) is 0. The Hall–Kier alpha value is -1.54. The number of ether oxygens (including phenoxy) is 2. The lowest BCUT2D eigenvalue weighted by Gasteiger charge is -2.28. The zero-order valence-electron chi connectivity index (χ0n) is 36.4. The molecule has 0 rings (SSSR count). The monoisotopic (exact) mass is 796 g/mol. The second-order valence-electron chi connectivity index (χ2n) is 16.0. The molecule has 0 spiro atoms. The minimum atomic E-state index is -4.53. The molecular formula is C46H86NO7P. The Morgan fingerprint density at radius 3 is 1.60 bits per heavy atom. The Bertz CT molecular complexity index is 1020. The Morgan fingerprint density at radius 2 is 1.05 bits per heavy atom. The van der Waals surface area contributed by atoms with E-state index in [1.165, 1.54) is 103 Å². The van der Waals surface area contributed by atoms with Gasteiger partial charge in [0.25, 0.3) is 7.82 Å². The van der Waals surface area contributed by atoms with Crippen LogP contribution in [0.1, 0.15) is 181 Å². The lowest BCUT2D eigenvalue weighted by atomic mass is 10.1. The molecule has 0 N–H and O–H groups in total. The summed E-state index contributed by atoms with van der Waals surface area (Å²) in [6, 6.07) is 0. The minimum absolute atomic E-state index is 0.0189. The highest BCUT2D eigenvalue weighted by atomic mass is 31.2. The molecule has 55 heavy (non-hydrogen) atoms. The first kappa shape index (κ1) is 53.5. The van der Waals surface area contributed by atoms with Crippen LogP contribution in [0, 0.1) is 0 Å². The quantitative estimate of drug-likeness (QED) is 0.0200. The summed E-state index contributed by atoms with van der Waals surface area (Å²) in [4.78, 5) is 25.0. The van der Waals surface area contributed by atoms with Gasteiger partial charge in [0, 0.05) is 13.0 Å². The molecule has 0 aliphatic carbocycles. The number of likely N-dealkylation sites (N-methyl/N-ethyl adjacent to an activating group) is 1. The molecule has 9 heteroatoms. The van der Waals surface area contributed by atoms with Gasteiger partial charge in [-0.05, 0) is 70.6 Å². The van der Waals surface area contributed by atoms with E-state index in [2.05, 4.69) is 62.5 Å². The van der Waals surface area contributed by atoms with Gasteiger partial charge in [-0.1, -0.05) is 152 Å². The summed E-state index contributed by atoms with van der Waals surface area (Å²) in [5.41, 5.74) is 0. The van der Waals surface area contributed by atoms with E-state index in [0.717, 1.165) is 57.8 Å². The van der Waals surface area contributed by atoms with Crippen LogP contribution in [-0.4, -0.2) is 70.7 Å². The van der Waals surface area contributed by atoms with Gasteiger partial charge in [-0.2, -0.15) is 0 Å². The van der Waals surface area contributed by atoms with Crippen molar-refractivity contribution in [2.75, 3.05) is 54.1 Å². The van der Waals surface area contributed by atoms with Crippen molar-refractivity contribution < 1.29 is 37.3 Å². The van der Waals surface area contributed by atoms with E-state index < -0.39 is 13.9 Å². The first-order chi connectivity index (χ1) is 26.6. The van der Waals surface area contributed by atoms with Crippen molar-refractivity contribution in [3.8, 4) is 0 Å². The second kappa shape index (κ2) is 39.3. The Labute approximate surface area is 339 Å². The zero-order valence-corrected chi connectivity index (χ0v) is 37.3. The molecule has 0 saturated heterocycles.